The third-order valence-electron chi connectivity index (χ3n) is 5.81. The lowest BCUT2D eigenvalue weighted by molar-refractivity contribution is 0.0682. The lowest BCUT2D eigenvalue weighted by atomic mass is 9.91. The summed E-state index contributed by atoms with van der Waals surface area (Å²) in [4.78, 5) is 35.2. The van der Waals surface area contributed by atoms with Gasteiger partial charge < -0.3 is 30.6 Å². The van der Waals surface area contributed by atoms with Gasteiger partial charge in [-0.3, -0.25) is 0 Å². The molecule has 0 unspecified atom stereocenters. The summed E-state index contributed by atoms with van der Waals surface area (Å²) in [5, 5.41) is 59.2. The molecule has 0 saturated carbocycles. The van der Waals surface area contributed by atoms with Gasteiger partial charge in [0, 0.05) is 0 Å². The van der Waals surface area contributed by atoms with Gasteiger partial charge in [-0.1, -0.05) is 0 Å². The lowest BCUT2D eigenvalue weighted by Crippen LogP contribution is -1.99. The van der Waals surface area contributed by atoms with E-state index in [0.717, 1.165) is 0 Å². The summed E-state index contributed by atoms with van der Waals surface area (Å²) in [5.74, 6) is -5.50. The Balaban J connectivity index is 2.06. The van der Waals surface area contributed by atoms with Crippen LogP contribution >= 0.6 is 47.8 Å². The minimum Gasteiger partial charge on any atom is -0.506 e. The van der Waals surface area contributed by atoms with Crippen molar-refractivity contribution in [3.8, 4) is 50.6 Å². The van der Waals surface area contributed by atoms with Crippen molar-refractivity contribution < 1.29 is 45.0 Å². The first-order chi connectivity index (χ1) is 18.3. The van der Waals surface area contributed by atoms with E-state index in [9.17, 15) is 45.0 Å². The predicted molar refractivity (Wildman–Crippen MR) is 152 cm³/mol. The van der Waals surface area contributed by atoms with Crippen molar-refractivity contribution in [2.45, 2.75) is 0 Å². The molecule has 0 heterocycles. The largest absolute Gasteiger partial charge is 0.506 e. The Labute approximate surface area is 245 Å². The number of rotatable bonds is 6. The third kappa shape index (κ3) is 5.49. The average Bonchev–Trinajstić information content (AvgIpc) is 2.87. The van der Waals surface area contributed by atoms with Crippen LogP contribution in [-0.2, 0) is 0 Å². The minimum atomic E-state index is -1.37. The summed E-state index contributed by atoms with van der Waals surface area (Å²) < 4.78 is 0.348. The molecule has 0 atom stereocenters. The number of aromatic hydroxyl groups is 3. The van der Waals surface area contributed by atoms with E-state index in [4.69, 9.17) is 0 Å². The Bertz CT molecular complexity index is 1500. The number of carboxylic acids is 3. The first-order valence-corrected chi connectivity index (χ1v) is 13.1. The average molecular weight is 723 g/mol. The predicted octanol–water partition coefficient (Wildman–Crippen LogP) is 7.19. The molecule has 39 heavy (non-hydrogen) atoms. The van der Waals surface area contributed by atoms with Crippen molar-refractivity contribution in [3.05, 3.63) is 84.7 Å². The second-order valence-electron chi connectivity index (χ2n) is 8.28. The first-order valence-electron chi connectivity index (χ1n) is 10.7. The smallest absolute Gasteiger partial charge is 0.339 e. The van der Waals surface area contributed by atoms with Gasteiger partial charge in [0.1, 0.15) is 33.9 Å². The van der Waals surface area contributed by atoms with Crippen LogP contribution in [0.1, 0.15) is 31.1 Å². The first kappa shape index (κ1) is 28.1. The van der Waals surface area contributed by atoms with Crippen LogP contribution in [0.3, 0.4) is 0 Å². The van der Waals surface area contributed by atoms with Gasteiger partial charge in [0.05, 0.1) is 13.4 Å². The Kier molecular flexibility index (Phi) is 7.73. The molecule has 4 aromatic rings. The standard InChI is InChI=1S/C27H15Br3O9/c28-19-7-13(4-16(22(19)31)25(34)35)10-1-11(14-5-17(26(36)37)23(32)20(29)8-14)3-12(2-10)15-6-18(27(38)39)24(33)21(30)9-15/h1-9,31-33H,(H,34,35)(H,36,37)(H,38,39). The van der Waals surface area contributed by atoms with Crippen LogP contribution in [-0.4, -0.2) is 48.5 Å². The summed E-state index contributed by atoms with van der Waals surface area (Å²) in [6.07, 6.45) is 0. The van der Waals surface area contributed by atoms with E-state index >= 15 is 0 Å². The van der Waals surface area contributed by atoms with Crippen LogP contribution in [0.15, 0.2) is 68.0 Å². The summed E-state index contributed by atoms with van der Waals surface area (Å²) in [6.45, 7) is 0. The van der Waals surface area contributed by atoms with Gasteiger partial charge in [-0.2, -0.15) is 0 Å². The number of carbonyl (C=O) groups is 3. The molecular formula is C27H15Br3O9. The van der Waals surface area contributed by atoms with Crippen LogP contribution in [0.25, 0.3) is 33.4 Å². The zero-order valence-electron chi connectivity index (χ0n) is 19.2. The quantitative estimate of drug-likeness (QED) is 0.121. The minimum absolute atomic E-state index is 0.116. The van der Waals surface area contributed by atoms with Gasteiger partial charge in [-0.15, -0.1) is 0 Å². The maximum Gasteiger partial charge on any atom is 0.339 e. The summed E-state index contributed by atoms with van der Waals surface area (Å²) in [5.41, 5.74) is 1.31. The molecule has 0 spiro atoms. The zero-order valence-corrected chi connectivity index (χ0v) is 24.0. The number of carboxylic acid groups (broad SMARTS) is 3. The summed E-state index contributed by atoms with van der Waals surface area (Å²) >= 11 is 9.49. The number of hydrogen-bond acceptors (Lipinski definition) is 6. The monoisotopic (exact) mass is 720 g/mol. The lowest BCUT2D eigenvalue weighted by Gasteiger charge is -2.15. The van der Waals surface area contributed by atoms with E-state index in [1.807, 2.05) is 0 Å². The summed E-state index contributed by atoms with van der Waals surface area (Å²) in [6, 6.07) is 13.2. The fourth-order valence-corrected chi connectivity index (χ4v) is 5.29. The molecular weight excluding hydrogens is 708 g/mol. The maximum atomic E-state index is 11.7. The molecule has 0 aliphatic rings. The Hall–Kier alpha value is -3.87. The molecule has 4 aromatic carbocycles. The van der Waals surface area contributed by atoms with Crippen molar-refractivity contribution >= 4 is 65.7 Å². The van der Waals surface area contributed by atoms with Gasteiger partial charge in [0.25, 0.3) is 0 Å². The van der Waals surface area contributed by atoms with Crippen LogP contribution in [0.2, 0.25) is 0 Å². The van der Waals surface area contributed by atoms with Crippen molar-refractivity contribution in [2.75, 3.05) is 0 Å². The molecule has 0 saturated heterocycles. The Morgan fingerprint density at radius 1 is 0.410 bits per heavy atom. The van der Waals surface area contributed by atoms with Crippen molar-refractivity contribution in [1.82, 2.24) is 0 Å². The van der Waals surface area contributed by atoms with Gasteiger partial charge in [0.15, 0.2) is 0 Å². The van der Waals surface area contributed by atoms with Gasteiger partial charge in [0.2, 0.25) is 0 Å². The third-order valence-corrected chi connectivity index (χ3v) is 7.63. The van der Waals surface area contributed by atoms with E-state index in [1.54, 1.807) is 18.2 Å². The highest BCUT2D eigenvalue weighted by Crippen LogP contribution is 2.41. The van der Waals surface area contributed by atoms with Gasteiger partial charge in [-0.05, 0) is 136 Å². The Morgan fingerprint density at radius 3 is 0.821 bits per heavy atom. The normalized spacial score (nSPS) is 10.8. The molecule has 0 aliphatic carbocycles. The molecule has 12 heteroatoms. The van der Waals surface area contributed by atoms with Crippen LogP contribution in [0.4, 0.5) is 0 Å². The van der Waals surface area contributed by atoms with Crippen LogP contribution in [0, 0.1) is 0 Å². The van der Waals surface area contributed by atoms with Crippen molar-refractivity contribution in [3.63, 3.8) is 0 Å². The molecule has 0 fully saturated rings. The second-order valence-corrected chi connectivity index (χ2v) is 10.8. The van der Waals surface area contributed by atoms with Gasteiger partial charge in [-0.25, -0.2) is 14.4 Å². The van der Waals surface area contributed by atoms with E-state index in [0.29, 0.717) is 33.4 Å². The Morgan fingerprint density at radius 2 is 0.615 bits per heavy atom. The van der Waals surface area contributed by atoms with Crippen LogP contribution in [0.5, 0.6) is 17.2 Å². The van der Waals surface area contributed by atoms with E-state index in [2.05, 4.69) is 47.8 Å². The molecule has 0 aliphatic heterocycles. The topological polar surface area (TPSA) is 173 Å². The van der Waals surface area contributed by atoms with E-state index < -0.39 is 35.2 Å². The van der Waals surface area contributed by atoms with Gasteiger partial charge >= 0.3 is 17.9 Å². The molecule has 0 radical (unpaired) electrons. The summed E-state index contributed by atoms with van der Waals surface area (Å²) in [7, 11) is 0. The fourth-order valence-electron chi connectivity index (χ4n) is 3.91. The maximum absolute atomic E-state index is 11.7. The molecule has 4 rings (SSSR count). The van der Waals surface area contributed by atoms with Crippen molar-refractivity contribution in [1.29, 1.82) is 0 Å². The fraction of sp³-hybridized carbons (Fsp3) is 0. The molecule has 0 bridgehead atoms. The van der Waals surface area contributed by atoms with E-state index in [-0.39, 0.29) is 30.1 Å². The highest BCUT2D eigenvalue weighted by atomic mass is 79.9. The number of aromatic carboxylic acids is 3. The molecule has 9 nitrogen and oxygen atoms in total. The molecule has 0 amide bonds. The highest BCUT2D eigenvalue weighted by molar-refractivity contribution is 9.11. The second kappa shape index (κ2) is 10.7. The highest BCUT2D eigenvalue weighted by Gasteiger charge is 2.20. The number of phenols is 3. The molecule has 6 N–H and O–H groups in total. The number of hydrogen-bond donors (Lipinski definition) is 6. The molecule has 198 valence electrons. The number of benzene rings is 4. The van der Waals surface area contributed by atoms with E-state index in [1.165, 1.54) is 36.4 Å². The SMILES string of the molecule is O=C(O)c1cc(-c2cc(-c3cc(Br)c(O)c(C(=O)O)c3)cc(-c3cc(Br)c(O)c(C(=O)O)c3)c2)cc(Br)c1O. The zero-order chi connectivity index (χ0) is 28.8. The van der Waals surface area contributed by atoms with Crippen molar-refractivity contribution in [2.24, 2.45) is 0 Å². The van der Waals surface area contributed by atoms with Crippen LogP contribution < -0.4 is 0 Å². The number of halogens is 3. The molecule has 0 aromatic heterocycles.